The molecule has 0 spiro atoms. The molecule has 3 amide bonds. The van der Waals surface area contributed by atoms with Crippen LogP contribution in [0.1, 0.15) is 133 Å². The van der Waals surface area contributed by atoms with Crippen molar-refractivity contribution in [3.8, 4) is 0 Å². The largest absolute Gasteiger partial charge is 0.458 e. The summed E-state index contributed by atoms with van der Waals surface area (Å²) in [7, 11) is 3.40. The van der Waals surface area contributed by atoms with Crippen LogP contribution in [0.15, 0.2) is 185 Å². The van der Waals surface area contributed by atoms with Crippen molar-refractivity contribution < 1.29 is 66.2 Å². The minimum absolute atomic E-state index is 0.0494. The molecule has 6 aromatic carbocycles. The zero-order valence-corrected chi connectivity index (χ0v) is 80.1. The molecule has 30 heteroatoms. The fourth-order valence-electron chi connectivity index (χ4n) is 16.2. The molecule has 9 aromatic rings. The first kappa shape index (κ1) is 96.0. The lowest BCUT2D eigenvalue weighted by molar-refractivity contribution is -0.195. The highest BCUT2D eigenvalue weighted by molar-refractivity contribution is 7.96. The number of β-lactam (4-membered cyclic amide) rings is 3. The molecule has 3 aliphatic heterocycles. The van der Waals surface area contributed by atoms with Crippen LogP contribution in [-0.4, -0.2) is 176 Å². The number of ketones is 3. The number of nitrogens with zero attached hydrogens (tertiary/aromatic N) is 8. The molecule has 0 bridgehead atoms. The smallest absolute Gasteiger partial charge is 0.356 e. The van der Waals surface area contributed by atoms with Crippen molar-refractivity contribution >= 4 is 133 Å². The number of Topliss-reactive ketones (excluding diaryl/α,β-unsaturated/α-hetero) is 3. The number of rotatable bonds is 29. The van der Waals surface area contributed by atoms with Gasteiger partial charge in [-0.2, -0.15) is 0 Å². The van der Waals surface area contributed by atoms with Gasteiger partial charge in [-0.25, -0.2) is 24.0 Å². The van der Waals surface area contributed by atoms with Crippen LogP contribution in [-0.2, 0) is 89.0 Å². The molecule has 2 N–H and O–H groups in total. The number of likely N-dealkylation sites (tertiary alicyclic amines) is 2. The Balaban J connectivity index is 0.000000206. The molecule has 3 aliphatic rings. The minimum atomic E-state index is -3.21. The maximum absolute atomic E-state index is 15.2. The van der Waals surface area contributed by atoms with Gasteiger partial charge in [0.1, 0.15) is 18.6 Å². The number of aliphatic hydroxyl groups excluding tert-OH is 1. The number of hydrogen-bond acceptors (Lipinski definition) is 17. The van der Waals surface area contributed by atoms with Gasteiger partial charge in [0.15, 0.2) is 42.3 Å². The van der Waals surface area contributed by atoms with Crippen LogP contribution in [0.5, 0.6) is 0 Å². The predicted molar refractivity (Wildman–Crippen MR) is 497 cm³/mol. The lowest BCUT2D eigenvalue weighted by atomic mass is 9.79. The second-order valence-corrected chi connectivity index (χ2v) is 55.0. The van der Waals surface area contributed by atoms with E-state index in [0.29, 0.717) is 38.8 Å². The molecule has 0 radical (unpaired) electrons. The molecular formula is C94H124N9O17PSi3. The number of hydrogen-bond donors (Lipinski definition) is 2. The Morgan fingerprint density at radius 1 is 0.444 bits per heavy atom. The minimum Gasteiger partial charge on any atom is -0.458 e. The highest BCUT2D eigenvalue weighted by atomic mass is 31.2. The first-order valence-electron chi connectivity index (χ1n) is 42.1. The zero-order valence-electron chi connectivity index (χ0n) is 76.2. The number of carbonyl (C=O) groups excluding carboxylic acids is 8. The first-order valence-corrected chi connectivity index (χ1v) is 52.6. The van der Waals surface area contributed by atoms with Crippen LogP contribution in [0.3, 0.4) is 0 Å². The number of nitrogens with one attached hydrogen (secondary N) is 1. The normalized spacial score (nSPS) is 18.6. The van der Waals surface area contributed by atoms with Gasteiger partial charge >= 0.3 is 29.0 Å². The van der Waals surface area contributed by atoms with E-state index in [1.54, 1.807) is 118 Å². The van der Waals surface area contributed by atoms with E-state index in [4.69, 9.17) is 22.8 Å². The molecule has 12 rings (SSSR count). The quantitative estimate of drug-likeness (QED) is 0.0110. The van der Waals surface area contributed by atoms with Crippen molar-refractivity contribution in [2.45, 2.75) is 199 Å². The van der Waals surface area contributed by atoms with Crippen LogP contribution in [0.4, 0.5) is 0 Å². The van der Waals surface area contributed by atoms with E-state index in [9.17, 15) is 53.1 Å². The van der Waals surface area contributed by atoms with Gasteiger partial charge in [0.2, 0.25) is 23.9 Å². The van der Waals surface area contributed by atoms with E-state index in [1.807, 2.05) is 105 Å². The molecule has 664 valence electrons. The summed E-state index contributed by atoms with van der Waals surface area (Å²) in [6, 6.07) is 43.1. The standard InChI is InChI=1S/C45H52N3O6PSi.C27H39N3O7Si.C22H33N3O4Si/c1-10-28-53-43(51)42(55(33-20-14-11-15-21-33,34-22-16-12-17-23-34)35-24-18-13-19-25-35)48-38(40(41(48)50)31(2)54-56(8,9)45(3,4)5)30-39(49)32-26-27-36-37(29-32)47(7)44(52)46(36)6;1-10-13-36-25(34)24(33)30-20(22(23(30)32)16(2)37-38(8,9)27(3,4)5)15-21(31)17-11-12-18-19(14-17)29(7)26(35)28(18)6;1-13(29-30(7,8)22(2,3)4)19-15(23-20(19)27)12-18(26)14-9-10-16-17(11-14)25(6)21(28)24(16)5/h10-27,29,31,38,40H,1,28,30H2,2-9H3;10-12,14,16,20,22,24,33H,1,13,15H2,2-9H3;9-11,13,15,19H,12H2,1-8H3,(H,23,27)/t31-,38-,40-;16-,20-,22-,24?;13-,15-,19-/m111/s1. The molecule has 10 atom stereocenters. The fraction of sp³-hybridized carbons (Fsp3) is 0.447. The van der Waals surface area contributed by atoms with E-state index >= 15 is 4.79 Å². The molecule has 1 unspecified atom stereocenters. The van der Waals surface area contributed by atoms with Gasteiger partial charge in [0.05, 0.1) is 87.3 Å². The van der Waals surface area contributed by atoms with E-state index in [0.717, 1.165) is 31.8 Å². The van der Waals surface area contributed by atoms with Crippen molar-refractivity contribution in [1.29, 1.82) is 0 Å². The number of aromatic nitrogens is 6. The molecule has 3 saturated heterocycles. The summed E-state index contributed by atoms with van der Waals surface area (Å²) in [6.07, 6.45) is -0.340. The molecule has 6 heterocycles. The number of benzene rings is 6. The van der Waals surface area contributed by atoms with Gasteiger partial charge < -0.3 is 43.0 Å². The van der Waals surface area contributed by atoms with Gasteiger partial charge in [0.25, 0.3) is 0 Å². The molecule has 26 nitrogen and oxygen atoms in total. The van der Waals surface area contributed by atoms with Crippen LogP contribution < -0.4 is 38.3 Å². The summed E-state index contributed by atoms with van der Waals surface area (Å²) in [5.74, 6) is -4.82. The van der Waals surface area contributed by atoms with E-state index < -0.39 is 92.0 Å². The second-order valence-electron chi connectivity index (χ2n) is 37.4. The highest BCUT2D eigenvalue weighted by Gasteiger charge is 2.59. The average molecular weight is 1770 g/mol. The zero-order chi connectivity index (χ0) is 91.9. The summed E-state index contributed by atoms with van der Waals surface area (Å²) in [6.45, 7) is 41.5. The number of ether oxygens (including phenoxy) is 2. The number of esters is 2. The van der Waals surface area contributed by atoms with Gasteiger partial charge in [-0.3, -0.25) is 56.2 Å². The Labute approximate surface area is 729 Å². The monoisotopic (exact) mass is 1770 g/mol. The highest BCUT2D eigenvalue weighted by Crippen LogP contribution is 2.52. The third kappa shape index (κ3) is 18.7. The topological polar surface area (TPSA) is 302 Å². The van der Waals surface area contributed by atoms with Crippen LogP contribution >= 0.6 is 6.89 Å². The van der Waals surface area contributed by atoms with Crippen molar-refractivity contribution in [3.63, 3.8) is 0 Å². The molecule has 124 heavy (non-hydrogen) atoms. The first-order chi connectivity index (χ1) is 57.8. The summed E-state index contributed by atoms with van der Waals surface area (Å²) in [4.78, 5) is 149. The van der Waals surface area contributed by atoms with Crippen molar-refractivity contribution in [3.05, 3.63) is 219 Å². The predicted octanol–water partition coefficient (Wildman–Crippen LogP) is 12.2. The average Bonchev–Trinajstić information content (AvgIpc) is 0.810. The number of aliphatic hydroxyl groups is 1. The Kier molecular flexibility index (Phi) is 28.7. The maximum Gasteiger partial charge on any atom is 0.356 e. The third-order valence-electron chi connectivity index (χ3n) is 26.3. The third-order valence-corrected chi connectivity index (χ3v) is 44.3. The number of amides is 3. The van der Waals surface area contributed by atoms with E-state index in [-0.39, 0.29) is 117 Å². The summed E-state index contributed by atoms with van der Waals surface area (Å²) in [5, 5.41) is 15.9. The molecule has 0 saturated carbocycles. The van der Waals surface area contributed by atoms with Crippen LogP contribution in [0, 0.1) is 17.8 Å². The summed E-state index contributed by atoms with van der Waals surface area (Å²) in [5.41, 5.74) is 5.08. The van der Waals surface area contributed by atoms with Gasteiger partial charge in [-0.15, -0.1) is 0 Å². The van der Waals surface area contributed by atoms with Crippen LogP contribution in [0.25, 0.3) is 33.1 Å². The maximum atomic E-state index is 15.2. The van der Waals surface area contributed by atoms with E-state index in [2.05, 4.69) is 120 Å². The lowest BCUT2D eigenvalue weighted by Crippen LogP contribution is -2.70. The molecule has 3 aromatic heterocycles. The van der Waals surface area contributed by atoms with Gasteiger partial charge in [0, 0.05) is 85.1 Å². The molecular weight excluding hydrogens is 1640 g/mol. The van der Waals surface area contributed by atoms with Crippen molar-refractivity contribution in [1.82, 2.24) is 42.5 Å². The Morgan fingerprint density at radius 2 is 0.758 bits per heavy atom. The van der Waals surface area contributed by atoms with Gasteiger partial charge in [-0.05, 0) is 146 Å². The van der Waals surface area contributed by atoms with Crippen molar-refractivity contribution in [2.75, 3.05) is 13.2 Å². The summed E-state index contributed by atoms with van der Waals surface area (Å²) < 4.78 is 39.8. The summed E-state index contributed by atoms with van der Waals surface area (Å²) >= 11 is 0. The molecule has 3 fully saturated rings. The number of imidazole rings is 3. The van der Waals surface area contributed by atoms with Crippen molar-refractivity contribution in [2.24, 2.45) is 60.0 Å². The number of fused-ring (bicyclic) bond motifs is 3. The Hall–Kier alpha value is -10.2. The SMILES string of the molecule is C=CCOC(=O)C(N1C(=O)[C@H]([C@@H](C)O[Si](C)(C)C(C)(C)C)[C@H]1CC(=O)c1ccc2c(c1)n(C)c(=O)n2C)=P(c1ccccc1)(c1ccccc1)c1ccccc1.C=CCOC(=O)C(O)N1C(=O)[C@H]([C@@H](C)O[Si](C)(C)C(C)(C)C)[C@H]1CC(=O)c1ccc2c(c1)n(C)c(=O)n2C.C[C@@H](O[Si](C)(C)C(C)(C)C)[C@H]1C(=O)N[C@@H]1CC(=O)c1ccc2c(c1)n(C)c(=O)n2C. The van der Waals surface area contributed by atoms with Crippen LogP contribution in [0.2, 0.25) is 54.4 Å². The Bertz CT molecular complexity index is 5760. The van der Waals surface area contributed by atoms with E-state index in [1.165, 1.54) is 30.4 Å². The fourth-order valence-corrected chi connectivity index (χ4v) is 24.9. The lowest BCUT2D eigenvalue weighted by Gasteiger charge is -2.53. The molecule has 0 aliphatic carbocycles. The Morgan fingerprint density at radius 3 is 1.10 bits per heavy atom. The number of carbonyl (C=O) groups is 8. The second kappa shape index (κ2) is 37.1. The van der Waals surface area contributed by atoms with Gasteiger partial charge in [-0.1, -0.05) is 179 Å². The number of aryl methyl sites for hydroxylation is 6.